The van der Waals surface area contributed by atoms with Crippen LogP contribution < -0.4 is 5.32 Å². The average molecular weight is 373 g/mol. The van der Waals surface area contributed by atoms with Crippen LogP contribution in [0.15, 0.2) is 66.1 Å². The molecule has 5 nitrogen and oxygen atoms in total. The van der Waals surface area contributed by atoms with Gasteiger partial charge in [0.15, 0.2) is 5.16 Å². The molecule has 0 saturated carbocycles. The number of aromatic nitrogens is 3. The van der Waals surface area contributed by atoms with Crippen LogP contribution in [0, 0.1) is 0 Å². The minimum absolute atomic E-state index is 0.0416. The van der Waals surface area contributed by atoms with Crippen molar-refractivity contribution >= 4 is 29.3 Å². The van der Waals surface area contributed by atoms with Gasteiger partial charge in [0.2, 0.25) is 5.91 Å². The number of amides is 1. The van der Waals surface area contributed by atoms with Gasteiger partial charge in [0.1, 0.15) is 6.33 Å². The Balaban J connectivity index is 1.61. The molecule has 0 saturated heterocycles. The fraction of sp³-hybridized carbons (Fsp3) is 0.167. The topological polar surface area (TPSA) is 59.8 Å². The highest BCUT2D eigenvalue weighted by Gasteiger charge is 2.13. The van der Waals surface area contributed by atoms with Gasteiger partial charge >= 0.3 is 0 Å². The van der Waals surface area contributed by atoms with E-state index in [0.717, 1.165) is 11.3 Å². The Bertz CT molecular complexity index is 853. The molecule has 0 radical (unpaired) electrons. The Morgan fingerprint density at radius 2 is 2.04 bits per heavy atom. The van der Waals surface area contributed by atoms with E-state index < -0.39 is 0 Å². The van der Waals surface area contributed by atoms with Crippen LogP contribution in [0.2, 0.25) is 5.02 Å². The van der Waals surface area contributed by atoms with E-state index in [2.05, 4.69) is 15.5 Å². The van der Waals surface area contributed by atoms with Gasteiger partial charge in [-0.05, 0) is 30.7 Å². The third-order valence-corrected chi connectivity index (χ3v) is 4.79. The predicted octanol–water partition coefficient (Wildman–Crippen LogP) is 3.89. The molecule has 3 rings (SSSR count). The number of hydrogen-bond acceptors (Lipinski definition) is 4. The van der Waals surface area contributed by atoms with E-state index in [-0.39, 0.29) is 17.7 Å². The highest BCUT2D eigenvalue weighted by molar-refractivity contribution is 7.99. The lowest BCUT2D eigenvalue weighted by molar-refractivity contribution is -0.119. The van der Waals surface area contributed by atoms with Crippen LogP contribution in [0.25, 0.3) is 5.69 Å². The molecule has 25 heavy (non-hydrogen) atoms. The molecule has 1 aromatic heterocycles. The zero-order valence-corrected chi connectivity index (χ0v) is 15.2. The Hall–Kier alpha value is -2.31. The summed E-state index contributed by atoms with van der Waals surface area (Å²) in [6.45, 7) is 1.96. The summed E-state index contributed by atoms with van der Waals surface area (Å²) in [6.07, 6.45) is 1.61. The standard InChI is InChI=1S/C18H17ClN4OS/c1-13(14-6-3-2-4-7-14)21-17(24)11-25-18-22-20-12-23(18)16-9-5-8-15(19)10-16/h2-10,12-13H,11H2,1H3,(H,21,24). The van der Waals surface area contributed by atoms with Gasteiger partial charge < -0.3 is 5.32 Å². The summed E-state index contributed by atoms with van der Waals surface area (Å²) < 4.78 is 1.81. The molecule has 128 valence electrons. The number of carbonyl (C=O) groups excluding carboxylic acids is 1. The van der Waals surface area contributed by atoms with Gasteiger partial charge in [0.25, 0.3) is 0 Å². The first-order valence-electron chi connectivity index (χ1n) is 7.76. The minimum Gasteiger partial charge on any atom is -0.349 e. The molecule has 2 aromatic carbocycles. The summed E-state index contributed by atoms with van der Waals surface area (Å²) in [6, 6.07) is 17.2. The lowest BCUT2D eigenvalue weighted by Gasteiger charge is -2.14. The SMILES string of the molecule is CC(NC(=O)CSc1nncn1-c1cccc(Cl)c1)c1ccccc1. The maximum atomic E-state index is 12.2. The van der Waals surface area contributed by atoms with Crippen molar-refractivity contribution < 1.29 is 4.79 Å². The summed E-state index contributed by atoms with van der Waals surface area (Å²) in [5.41, 5.74) is 1.93. The number of nitrogens with zero attached hydrogens (tertiary/aromatic N) is 3. The molecule has 1 amide bonds. The lowest BCUT2D eigenvalue weighted by Crippen LogP contribution is -2.28. The Morgan fingerprint density at radius 1 is 1.24 bits per heavy atom. The lowest BCUT2D eigenvalue weighted by atomic mass is 10.1. The molecule has 1 heterocycles. The monoisotopic (exact) mass is 372 g/mol. The summed E-state index contributed by atoms with van der Waals surface area (Å²) in [4.78, 5) is 12.2. The van der Waals surface area contributed by atoms with Crippen molar-refractivity contribution in [2.45, 2.75) is 18.1 Å². The number of thioether (sulfide) groups is 1. The third kappa shape index (κ3) is 4.61. The first-order chi connectivity index (χ1) is 12.1. The number of nitrogens with one attached hydrogen (secondary N) is 1. The average Bonchev–Trinajstić information content (AvgIpc) is 3.09. The second kappa shape index (κ2) is 8.18. The maximum Gasteiger partial charge on any atom is 0.230 e. The van der Waals surface area contributed by atoms with Crippen molar-refractivity contribution in [3.8, 4) is 5.69 Å². The molecular formula is C18H17ClN4OS. The number of hydrogen-bond donors (Lipinski definition) is 1. The van der Waals surface area contributed by atoms with Gasteiger partial charge in [-0.15, -0.1) is 10.2 Å². The quantitative estimate of drug-likeness (QED) is 0.667. The molecule has 0 aliphatic heterocycles. The number of benzene rings is 2. The molecule has 3 aromatic rings. The third-order valence-electron chi connectivity index (χ3n) is 3.61. The van der Waals surface area contributed by atoms with E-state index in [4.69, 9.17) is 11.6 Å². The molecule has 1 unspecified atom stereocenters. The van der Waals surface area contributed by atoms with Crippen LogP contribution in [-0.4, -0.2) is 26.4 Å². The smallest absolute Gasteiger partial charge is 0.230 e. The van der Waals surface area contributed by atoms with Crippen molar-refractivity contribution in [1.82, 2.24) is 20.1 Å². The van der Waals surface area contributed by atoms with Crippen LogP contribution in [0.5, 0.6) is 0 Å². The zero-order valence-electron chi connectivity index (χ0n) is 13.6. The normalized spacial score (nSPS) is 11.9. The van der Waals surface area contributed by atoms with E-state index >= 15 is 0 Å². The van der Waals surface area contributed by atoms with Gasteiger partial charge in [0, 0.05) is 5.02 Å². The molecule has 1 N–H and O–H groups in total. The van der Waals surface area contributed by atoms with Gasteiger partial charge in [-0.25, -0.2) is 0 Å². The van der Waals surface area contributed by atoms with E-state index in [9.17, 15) is 4.79 Å². The minimum atomic E-state index is -0.0537. The van der Waals surface area contributed by atoms with Crippen molar-refractivity contribution in [3.05, 3.63) is 71.5 Å². The summed E-state index contributed by atoms with van der Waals surface area (Å²) >= 11 is 7.37. The second-order valence-corrected chi connectivity index (χ2v) is 6.83. The molecule has 0 fully saturated rings. The van der Waals surface area contributed by atoms with Crippen molar-refractivity contribution in [3.63, 3.8) is 0 Å². The van der Waals surface area contributed by atoms with Gasteiger partial charge in [0.05, 0.1) is 17.5 Å². The van der Waals surface area contributed by atoms with Crippen LogP contribution in [0.1, 0.15) is 18.5 Å². The highest BCUT2D eigenvalue weighted by Crippen LogP contribution is 2.21. The predicted molar refractivity (Wildman–Crippen MR) is 100 cm³/mol. The summed E-state index contributed by atoms with van der Waals surface area (Å²) in [5.74, 6) is 0.207. The maximum absolute atomic E-state index is 12.2. The largest absolute Gasteiger partial charge is 0.349 e. The van der Waals surface area contributed by atoms with Gasteiger partial charge in [-0.1, -0.05) is 59.8 Å². The molecule has 1 atom stereocenters. The molecular weight excluding hydrogens is 356 g/mol. The molecule has 0 spiro atoms. The van der Waals surface area contributed by atoms with Crippen LogP contribution in [-0.2, 0) is 4.79 Å². The first kappa shape index (κ1) is 17.5. The van der Waals surface area contributed by atoms with Crippen molar-refractivity contribution in [2.75, 3.05) is 5.75 Å². The second-order valence-electron chi connectivity index (χ2n) is 5.45. The van der Waals surface area contributed by atoms with Gasteiger partial charge in [-0.2, -0.15) is 0 Å². The van der Waals surface area contributed by atoms with E-state index in [1.54, 1.807) is 12.4 Å². The van der Waals surface area contributed by atoms with Gasteiger partial charge in [-0.3, -0.25) is 9.36 Å². The Kier molecular flexibility index (Phi) is 5.73. The zero-order chi connectivity index (χ0) is 17.6. The molecule has 0 aliphatic carbocycles. The molecule has 0 aliphatic rings. The Labute approximate surface area is 155 Å². The van der Waals surface area contributed by atoms with Crippen molar-refractivity contribution in [2.24, 2.45) is 0 Å². The van der Waals surface area contributed by atoms with Crippen LogP contribution in [0.4, 0.5) is 0 Å². The van der Waals surface area contributed by atoms with Crippen molar-refractivity contribution in [1.29, 1.82) is 0 Å². The van der Waals surface area contributed by atoms with E-state index in [0.29, 0.717) is 10.2 Å². The fourth-order valence-corrected chi connectivity index (χ4v) is 3.29. The summed E-state index contributed by atoms with van der Waals surface area (Å²) in [7, 11) is 0. The van der Waals surface area contributed by atoms with Crippen LogP contribution in [0.3, 0.4) is 0 Å². The number of carbonyl (C=O) groups is 1. The first-order valence-corrected chi connectivity index (χ1v) is 9.13. The highest BCUT2D eigenvalue weighted by atomic mass is 35.5. The Morgan fingerprint density at radius 3 is 2.80 bits per heavy atom. The molecule has 0 bridgehead atoms. The van der Waals surface area contributed by atoms with Crippen LogP contribution >= 0.6 is 23.4 Å². The summed E-state index contributed by atoms with van der Waals surface area (Å²) in [5, 5.41) is 12.3. The number of halogens is 1. The number of rotatable bonds is 6. The fourth-order valence-electron chi connectivity index (χ4n) is 2.36. The van der Waals surface area contributed by atoms with E-state index in [1.165, 1.54) is 11.8 Å². The molecule has 7 heteroatoms. The van der Waals surface area contributed by atoms with E-state index in [1.807, 2.05) is 60.0 Å².